The molecule has 0 bridgehead atoms. The predicted octanol–water partition coefficient (Wildman–Crippen LogP) is 3.14. The van der Waals surface area contributed by atoms with Gasteiger partial charge in [0, 0.05) is 30.0 Å². The van der Waals surface area contributed by atoms with Gasteiger partial charge in [0.25, 0.3) is 0 Å². The summed E-state index contributed by atoms with van der Waals surface area (Å²) in [5, 5.41) is 10.9. The first-order valence-corrected chi connectivity index (χ1v) is 6.41. The normalized spacial score (nSPS) is 12.7. The Labute approximate surface area is 112 Å². The summed E-state index contributed by atoms with van der Waals surface area (Å²) in [5.74, 6) is 0. The monoisotopic (exact) mass is 252 g/mol. The van der Waals surface area contributed by atoms with E-state index < -0.39 is 6.10 Å². The second kappa shape index (κ2) is 4.86. The third-order valence-corrected chi connectivity index (χ3v) is 3.31. The molecule has 19 heavy (non-hydrogen) atoms. The maximum atomic E-state index is 9.71. The van der Waals surface area contributed by atoms with Gasteiger partial charge in [-0.2, -0.15) is 0 Å². The highest BCUT2D eigenvalue weighted by Gasteiger charge is 2.07. The van der Waals surface area contributed by atoms with Crippen LogP contribution >= 0.6 is 0 Å². The Kier molecular flexibility index (Phi) is 3.05. The van der Waals surface area contributed by atoms with E-state index in [1.807, 2.05) is 30.5 Å². The molecule has 96 valence electrons. The summed E-state index contributed by atoms with van der Waals surface area (Å²) in [5.41, 5.74) is 3.15. The van der Waals surface area contributed by atoms with Crippen molar-refractivity contribution in [3.8, 4) is 0 Å². The molecular formula is C16H16N2O. The van der Waals surface area contributed by atoms with Crippen LogP contribution in [0.25, 0.3) is 10.9 Å². The highest BCUT2D eigenvalue weighted by molar-refractivity contribution is 5.78. The number of aromatic nitrogens is 2. The van der Waals surface area contributed by atoms with Crippen molar-refractivity contribution >= 4 is 10.9 Å². The maximum Gasteiger partial charge on any atom is 0.0911 e. The van der Waals surface area contributed by atoms with Crippen LogP contribution in [0.5, 0.6) is 0 Å². The van der Waals surface area contributed by atoms with Gasteiger partial charge in [0.05, 0.1) is 11.6 Å². The molecule has 3 nitrogen and oxygen atoms in total. The zero-order valence-corrected chi connectivity index (χ0v) is 10.8. The number of aliphatic hydroxyl groups is 1. The van der Waals surface area contributed by atoms with Gasteiger partial charge in [-0.15, -0.1) is 0 Å². The molecule has 1 aromatic carbocycles. The topological polar surface area (TPSA) is 38.0 Å². The highest BCUT2D eigenvalue weighted by atomic mass is 16.3. The van der Waals surface area contributed by atoms with E-state index in [4.69, 9.17) is 0 Å². The van der Waals surface area contributed by atoms with Crippen molar-refractivity contribution in [1.29, 1.82) is 0 Å². The molecule has 0 fully saturated rings. The second-order valence-corrected chi connectivity index (χ2v) is 4.77. The first-order chi connectivity index (χ1) is 9.24. The molecule has 3 aromatic rings. The number of hydrogen-bond acceptors (Lipinski definition) is 2. The number of fused-ring (bicyclic) bond motifs is 1. The first kappa shape index (κ1) is 11.9. The number of aliphatic hydroxyl groups excluding tert-OH is 1. The van der Waals surface area contributed by atoms with E-state index in [1.165, 1.54) is 5.56 Å². The van der Waals surface area contributed by atoms with Crippen LogP contribution in [0.2, 0.25) is 0 Å². The van der Waals surface area contributed by atoms with E-state index in [0.29, 0.717) is 0 Å². The first-order valence-electron chi connectivity index (χ1n) is 6.41. The van der Waals surface area contributed by atoms with Gasteiger partial charge in [-0.3, -0.25) is 4.98 Å². The van der Waals surface area contributed by atoms with E-state index in [1.54, 1.807) is 13.1 Å². The van der Waals surface area contributed by atoms with Crippen molar-refractivity contribution < 1.29 is 5.11 Å². The Morgan fingerprint density at radius 1 is 1.21 bits per heavy atom. The molecule has 0 radical (unpaired) electrons. The molecule has 2 aromatic heterocycles. The summed E-state index contributed by atoms with van der Waals surface area (Å²) in [6.07, 6.45) is 3.35. The van der Waals surface area contributed by atoms with Gasteiger partial charge >= 0.3 is 0 Å². The summed E-state index contributed by atoms with van der Waals surface area (Å²) in [6, 6.07) is 14.2. The van der Waals surface area contributed by atoms with Crippen LogP contribution in [0.4, 0.5) is 0 Å². The minimum atomic E-state index is -0.447. The minimum absolute atomic E-state index is 0.447. The van der Waals surface area contributed by atoms with Gasteiger partial charge in [-0.25, -0.2) is 0 Å². The van der Waals surface area contributed by atoms with Crippen molar-refractivity contribution in [2.45, 2.75) is 19.6 Å². The molecule has 2 heterocycles. The summed E-state index contributed by atoms with van der Waals surface area (Å²) in [6.45, 7) is 2.55. The van der Waals surface area contributed by atoms with Gasteiger partial charge in [-0.1, -0.05) is 12.1 Å². The molecule has 3 heteroatoms. The van der Waals surface area contributed by atoms with E-state index >= 15 is 0 Å². The Morgan fingerprint density at radius 2 is 2.11 bits per heavy atom. The smallest absolute Gasteiger partial charge is 0.0911 e. The van der Waals surface area contributed by atoms with Crippen molar-refractivity contribution in [3.63, 3.8) is 0 Å². The van der Waals surface area contributed by atoms with Gasteiger partial charge in [0.2, 0.25) is 0 Å². The predicted molar refractivity (Wildman–Crippen MR) is 75.9 cm³/mol. The zero-order chi connectivity index (χ0) is 13.2. The number of rotatable bonds is 3. The molecule has 0 saturated heterocycles. The fraction of sp³-hybridized carbons (Fsp3) is 0.188. The van der Waals surface area contributed by atoms with E-state index in [2.05, 4.69) is 27.8 Å². The third-order valence-electron chi connectivity index (χ3n) is 3.31. The lowest BCUT2D eigenvalue weighted by molar-refractivity contribution is 0.190. The zero-order valence-electron chi connectivity index (χ0n) is 10.8. The van der Waals surface area contributed by atoms with E-state index in [-0.39, 0.29) is 0 Å². The van der Waals surface area contributed by atoms with Gasteiger partial charge < -0.3 is 9.67 Å². The molecule has 1 atom stereocenters. The standard InChI is InChI=1S/C16H16N2O/c1-12(19)16-5-3-9-18(16)11-13-6-7-15-14(10-13)4-2-8-17-15/h2-10,12,19H,11H2,1H3. The lowest BCUT2D eigenvalue weighted by atomic mass is 10.1. The number of pyridine rings is 1. The Hall–Kier alpha value is -2.13. The fourth-order valence-corrected chi connectivity index (χ4v) is 2.37. The molecule has 0 aliphatic rings. The quantitative estimate of drug-likeness (QED) is 0.777. The molecule has 0 aliphatic carbocycles. The van der Waals surface area contributed by atoms with Crippen molar-refractivity contribution in [1.82, 2.24) is 9.55 Å². The lowest BCUT2D eigenvalue weighted by Gasteiger charge is -2.11. The van der Waals surface area contributed by atoms with Crippen LogP contribution in [0, 0.1) is 0 Å². The van der Waals surface area contributed by atoms with Crippen LogP contribution < -0.4 is 0 Å². The largest absolute Gasteiger partial charge is 0.387 e. The number of benzene rings is 1. The summed E-state index contributed by atoms with van der Waals surface area (Å²) < 4.78 is 2.07. The summed E-state index contributed by atoms with van der Waals surface area (Å²) in [7, 11) is 0. The average molecular weight is 252 g/mol. The molecule has 3 rings (SSSR count). The van der Waals surface area contributed by atoms with Crippen LogP contribution in [-0.2, 0) is 6.54 Å². The average Bonchev–Trinajstić information content (AvgIpc) is 2.87. The summed E-state index contributed by atoms with van der Waals surface area (Å²) in [4.78, 5) is 4.32. The molecular weight excluding hydrogens is 236 g/mol. The third kappa shape index (κ3) is 2.37. The molecule has 0 saturated carbocycles. The number of nitrogens with zero attached hydrogens (tertiary/aromatic N) is 2. The SMILES string of the molecule is CC(O)c1cccn1Cc1ccc2ncccc2c1. The van der Waals surface area contributed by atoms with E-state index in [9.17, 15) is 5.11 Å². The second-order valence-electron chi connectivity index (χ2n) is 4.77. The molecule has 1 N–H and O–H groups in total. The molecule has 0 aliphatic heterocycles. The molecule has 1 unspecified atom stereocenters. The van der Waals surface area contributed by atoms with Crippen LogP contribution in [0.15, 0.2) is 54.9 Å². The molecule has 0 spiro atoms. The highest BCUT2D eigenvalue weighted by Crippen LogP contribution is 2.18. The van der Waals surface area contributed by atoms with Crippen LogP contribution in [0.1, 0.15) is 24.3 Å². The Bertz CT molecular complexity index is 701. The number of hydrogen-bond donors (Lipinski definition) is 1. The van der Waals surface area contributed by atoms with Gasteiger partial charge in [0.15, 0.2) is 0 Å². The van der Waals surface area contributed by atoms with Crippen molar-refractivity contribution in [2.24, 2.45) is 0 Å². The lowest BCUT2D eigenvalue weighted by Crippen LogP contribution is -2.05. The van der Waals surface area contributed by atoms with Gasteiger partial charge in [-0.05, 0) is 42.8 Å². The van der Waals surface area contributed by atoms with Crippen molar-refractivity contribution in [2.75, 3.05) is 0 Å². The Balaban J connectivity index is 1.94. The Morgan fingerprint density at radius 3 is 2.95 bits per heavy atom. The fourth-order valence-electron chi connectivity index (χ4n) is 2.37. The van der Waals surface area contributed by atoms with Crippen LogP contribution in [-0.4, -0.2) is 14.7 Å². The molecule has 0 amide bonds. The minimum Gasteiger partial charge on any atom is -0.387 e. The van der Waals surface area contributed by atoms with Crippen molar-refractivity contribution in [3.05, 3.63) is 66.1 Å². The van der Waals surface area contributed by atoms with E-state index in [0.717, 1.165) is 23.1 Å². The summed E-state index contributed by atoms with van der Waals surface area (Å²) >= 11 is 0. The van der Waals surface area contributed by atoms with Gasteiger partial charge in [0.1, 0.15) is 0 Å². The van der Waals surface area contributed by atoms with Crippen LogP contribution in [0.3, 0.4) is 0 Å². The maximum absolute atomic E-state index is 9.71.